The van der Waals surface area contributed by atoms with E-state index in [0.717, 1.165) is 26.2 Å². The highest BCUT2D eigenvalue weighted by atomic mass is 16.5. The van der Waals surface area contributed by atoms with E-state index in [-0.39, 0.29) is 0 Å². The molecule has 110 valence electrons. The minimum Gasteiger partial charge on any atom is -0.372 e. The number of nitrogens with zero attached hydrogens (tertiary/aromatic N) is 1. The molecule has 2 unspecified atom stereocenters. The third kappa shape index (κ3) is 3.40. The van der Waals surface area contributed by atoms with E-state index in [1.807, 2.05) is 0 Å². The van der Waals surface area contributed by atoms with Crippen LogP contribution in [0.25, 0.3) is 0 Å². The Morgan fingerprint density at radius 3 is 2.45 bits per heavy atom. The molecule has 20 heavy (non-hydrogen) atoms. The number of ether oxygens (including phenoxy) is 1. The lowest BCUT2D eigenvalue weighted by molar-refractivity contribution is 0.0218. The van der Waals surface area contributed by atoms with Crippen molar-refractivity contribution in [3.63, 3.8) is 0 Å². The Hall–Kier alpha value is -0.900. The van der Waals surface area contributed by atoms with Gasteiger partial charge in [0.2, 0.25) is 0 Å². The van der Waals surface area contributed by atoms with Gasteiger partial charge in [0, 0.05) is 32.2 Å². The summed E-state index contributed by atoms with van der Waals surface area (Å²) in [5.74, 6) is 0. The molecular weight excluding hydrogens is 248 g/mol. The minimum atomic E-state index is 0.410. The first-order valence-electron chi connectivity index (χ1n) is 7.88. The molecule has 0 amide bonds. The third-order valence-electron chi connectivity index (χ3n) is 4.32. The average Bonchev–Trinajstić information content (AvgIpc) is 3.02. The fraction of sp³-hybridized carbons (Fsp3) is 0.647. The molecule has 0 saturated carbocycles. The monoisotopic (exact) mass is 274 g/mol. The van der Waals surface area contributed by atoms with Gasteiger partial charge in [-0.15, -0.1) is 0 Å². The number of benzene rings is 1. The number of nitrogens with one attached hydrogen (secondary N) is 1. The Labute approximate surface area is 122 Å². The van der Waals surface area contributed by atoms with Gasteiger partial charge in [0.1, 0.15) is 0 Å². The molecule has 2 atom stereocenters. The maximum absolute atomic E-state index is 6.17. The first kappa shape index (κ1) is 14.1. The molecule has 0 spiro atoms. The minimum absolute atomic E-state index is 0.410. The SMILES string of the molecule is CC(C)NCC1CCC(CN2Cc3ccccc3C2)O1. The summed E-state index contributed by atoms with van der Waals surface area (Å²) in [5, 5.41) is 3.48. The van der Waals surface area contributed by atoms with Crippen molar-refractivity contribution in [2.45, 2.75) is 58.0 Å². The van der Waals surface area contributed by atoms with Crippen LogP contribution < -0.4 is 5.32 Å². The van der Waals surface area contributed by atoms with Crippen LogP contribution in [0.1, 0.15) is 37.8 Å². The molecule has 2 heterocycles. The quantitative estimate of drug-likeness (QED) is 0.893. The highest BCUT2D eigenvalue weighted by molar-refractivity contribution is 5.30. The normalized spacial score (nSPS) is 26.4. The highest BCUT2D eigenvalue weighted by Gasteiger charge is 2.28. The second-order valence-corrected chi connectivity index (χ2v) is 6.46. The van der Waals surface area contributed by atoms with Crippen LogP contribution in [0.3, 0.4) is 0 Å². The highest BCUT2D eigenvalue weighted by Crippen LogP contribution is 2.26. The zero-order chi connectivity index (χ0) is 13.9. The Kier molecular flexibility index (Phi) is 4.39. The maximum atomic E-state index is 6.17. The zero-order valence-corrected chi connectivity index (χ0v) is 12.6. The summed E-state index contributed by atoms with van der Waals surface area (Å²) >= 11 is 0. The molecule has 1 saturated heterocycles. The van der Waals surface area contributed by atoms with Crippen molar-refractivity contribution in [1.29, 1.82) is 0 Å². The summed E-state index contributed by atoms with van der Waals surface area (Å²) in [4.78, 5) is 2.52. The predicted molar refractivity (Wildman–Crippen MR) is 81.6 cm³/mol. The van der Waals surface area contributed by atoms with E-state index in [4.69, 9.17) is 4.74 Å². The summed E-state index contributed by atoms with van der Waals surface area (Å²) < 4.78 is 6.17. The fourth-order valence-corrected chi connectivity index (χ4v) is 3.25. The van der Waals surface area contributed by atoms with E-state index in [1.54, 1.807) is 0 Å². The van der Waals surface area contributed by atoms with Crippen LogP contribution in [-0.4, -0.2) is 36.2 Å². The molecule has 0 aliphatic carbocycles. The van der Waals surface area contributed by atoms with Crippen molar-refractivity contribution in [3.05, 3.63) is 35.4 Å². The first-order valence-corrected chi connectivity index (χ1v) is 7.88. The van der Waals surface area contributed by atoms with Crippen LogP contribution in [0, 0.1) is 0 Å². The summed E-state index contributed by atoms with van der Waals surface area (Å²) in [6, 6.07) is 9.33. The van der Waals surface area contributed by atoms with Crippen LogP contribution in [0.5, 0.6) is 0 Å². The smallest absolute Gasteiger partial charge is 0.0707 e. The van der Waals surface area contributed by atoms with Crippen LogP contribution in [0.2, 0.25) is 0 Å². The third-order valence-corrected chi connectivity index (χ3v) is 4.32. The van der Waals surface area contributed by atoms with E-state index in [9.17, 15) is 0 Å². The molecule has 1 fully saturated rings. The molecule has 0 bridgehead atoms. The summed E-state index contributed by atoms with van der Waals surface area (Å²) in [6.45, 7) is 8.62. The van der Waals surface area contributed by atoms with E-state index in [0.29, 0.717) is 18.2 Å². The van der Waals surface area contributed by atoms with Crippen molar-refractivity contribution in [3.8, 4) is 0 Å². The second-order valence-electron chi connectivity index (χ2n) is 6.46. The molecular formula is C17H26N2O. The molecule has 1 aromatic carbocycles. The molecule has 2 aliphatic heterocycles. The molecule has 3 heteroatoms. The number of rotatable bonds is 5. The van der Waals surface area contributed by atoms with Crippen molar-refractivity contribution >= 4 is 0 Å². The Morgan fingerprint density at radius 1 is 1.15 bits per heavy atom. The van der Waals surface area contributed by atoms with Crippen LogP contribution in [0.15, 0.2) is 24.3 Å². The van der Waals surface area contributed by atoms with E-state index < -0.39 is 0 Å². The molecule has 0 aromatic heterocycles. The Bertz CT molecular complexity index is 421. The van der Waals surface area contributed by atoms with Crippen molar-refractivity contribution in [1.82, 2.24) is 10.2 Å². The molecule has 3 nitrogen and oxygen atoms in total. The van der Waals surface area contributed by atoms with Crippen molar-refractivity contribution in [2.24, 2.45) is 0 Å². The number of hydrogen-bond acceptors (Lipinski definition) is 3. The van der Waals surface area contributed by atoms with Crippen molar-refractivity contribution < 1.29 is 4.74 Å². The molecule has 0 radical (unpaired) electrons. The van der Waals surface area contributed by atoms with Gasteiger partial charge < -0.3 is 10.1 Å². The topological polar surface area (TPSA) is 24.5 Å². The van der Waals surface area contributed by atoms with Crippen LogP contribution in [-0.2, 0) is 17.8 Å². The first-order chi connectivity index (χ1) is 9.70. The van der Waals surface area contributed by atoms with Gasteiger partial charge in [-0.3, -0.25) is 4.90 Å². The Morgan fingerprint density at radius 2 is 1.80 bits per heavy atom. The number of fused-ring (bicyclic) bond motifs is 1. The standard InChI is InChI=1S/C17H26N2O/c1-13(2)18-9-16-7-8-17(20-16)12-19-10-14-5-3-4-6-15(14)11-19/h3-6,13,16-18H,7-12H2,1-2H3. The molecule has 1 aromatic rings. The predicted octanol–water partition coefficient (Wildman–Crippen LogP) is 2.55. The summed E-state index contributed by atoms with van der Waals surface area (Å²) in [7, 11) is 0. The molecule has 3 rings (SSSR count). The zero-order valence-electron chi connectivity index (χ0n) is 12.6. The van der Waals surface area contributed by atoms with Crippen molar-refractivity contribution in [2.75, 3.05) is 13.1 Å². The van der Waals surface area contributed by atoms with Gasteiger partial charge in [0.15, 0.2) is 0 Å². The average molecular weight is 274 g/mol. The Balaban J connectivity index is 1.44. The van der Waals surface area contributed by atoms with E-state index in [1.165, 1.54) is 24.0 Å². The molecule has 1 N–H and O–H groups in total. The lowest BCUT2D eigenvalue weighted by atomic mass is 10.1. The van der Waals surface area contributed by atoms with E-state index >= 15 is 0 Å². The second kappa shape index (κ2) is 6.25. The van der Waals surface area contributed by atoms with Gasteiger partial charge in [-0.25, -0.2) is 0 Å². The van der Waals surface area contributed by atoms with Crippen LogP contribution >= 0.6 is 0 Å². The van der Waals surface area contributed by atoms with Crippen LogP contribution in [0.4, 0.5) is 0 Å². The van der Waals surface area contributed by atoms with Gasteiger partial charge in [-0.2, -0.15) is 0 Å². The van der Waals surface area contributed by atoms with Gasteiger partial charge in [-0.1, -0.05) is 38.1 Å². The van der Waals surface area contributed by atoms with Gasteiger partial charge in [0.25, 0.3) is 0 Å². The van der Waals surface area contributed by atoms with Gasteiger partial charge in [0.05, 0.1) is 12.2 Å². The maximum Gasteiger partial charge on any atom is 0.0707 e. The van der Waals surface area contributed by atoms with Gasteiger partial charge >= 0.3 is 0 Å². The summed E-state index contributed by atoms with van der Waals surface area (Å²) in [6.07, 6.45) is 3.23. The van der Waals surface area contributed by atoms with Gasteiger partial charge in [-0.05, 0) is 24.0 Å². The number of hydrogen-bond donors (Lipinski definition) is 1. The largest absolute Gasteiger partial charge is 0.372 e. The lowest BCUT2D eigenvalue weighted by Gasteiger charge is -2.21. The van der Waals surface area contributed by atoms with E-state index in [2.05, 4.69) is 48.3 Å². The summed E-state index contributed by atoms with van der Waals surface area (Å²) in [5.41, 5.74) is 2.98. The molecule has 2 aliphatic rings. The lowest BCUT2D eigenvalue weighted by Crippen LogP contribution is -2.33. The fourth-order valence-electron chi connectivity index (χ4n) is 3.25.